The summed E-state index contributed by atoms with van der Waals surface area (Å²) in [7, 11) is 0. The lowest BCUT2D eigenvalue weighted by Gasteiger charge is -2.17. The molecule has 0 aromatic heterocycles. The zero-order valence-electron chi connectivity index (χ0n) is 11.2. The minimum Gasteiger partial charge on any atom is -0.378 e. The first-order chi connectivity index (χ1) is 9.88. The molecule has 0 spiro atoms. The van der Waals surface area contributed by atoms with E-state index in [0.29, 0.717) is 9.50 Å². The summed E-state index contributed by atoms with van der Waals surface area (Å²) in [4.78, 5) is 11.1. The Morgan fingerprint density at radius 3 is 2.62 bits per heavy atom. The SMILES string of the molecule is CC(Nc1ccc(C(N)=O)c(Cl)c1)c1ccc(F)c(Br)c1. The predicted octanol–water partition coefficient (Wildman–Crippen LogP) is 4.51. The van der Waals surface area contributed by atoms with Crippen molar-refractivity contribution in [1.82, 2.24) is 0 Å². The molecule has 3 N–H and O–H groups in total. The van der Waals surface area contributed by atoms with Crippen molar-refractivity contribution in [3.8, 4) is 0 Å². The van der Waals surface area contributed by atoms with Gasteiger partial charge in [0.25, 0.3) is 0 Å². The van der Waals surface area contributed by atoms with Crippen molar-refractivity contribution in [3.63, 3.8) is 0 Å². The second-order valence-corrected chi connectivity index (χ2v) is 5.86. The molecule has 0 fully saturated rings. The molecule has 1 amide bonds. The van der Waals surface area contributed by atoms with Crippen molar-refractivity contribution in [2.24, 2.45) is 5.73 Å². The third kappa shape index (κ3) is 3.74. The van der Waals surface area contributed by atoms with Crippen LogP contribution in [0.15, 0.2) is 40.9 Å². The summed E-state index contributed by atoms with van der Waals surface area (Å²) in [5.74, 6) is -0.873. The lowest BCUT2D eigenvalue weighted by Crippen LogP contribution is -2.12. The van der Waals surface area contributed by atoms with Crippen LogP contribution in [-0.4, -0.2) is 5.91 Å². The Morgan fingerprint density at radius 2 is 2.05 bits per heavy atom. The summed E-state index contributed by atoms with van der Waals surface area (Å²) in [6.45, 7) is 1.94. The van der Waals surface area contributed by atoms with E-state index in [1.165, 1.54) is 6.07 Å². The molecule has 3 nitrogen and oxygen atoms in total. The largest absolute Gasteiger partial charge is 0.378 e. The van der Waals surface area contributed by atoms with Crippen LogP contribution in [0.5, 0.6) is 0 Å². The number of halogens is 3. The quantitative estimate of drug-likeness (QED) is 0.830. The van der Waals surface area contributed by atoms with Gasteiger partial charge >= 0.3 is 0 Å². The molecule has 2 aromatic carbocycles. The lowest BCUT2D eigenvalue weighted by molar-refractivity contribution is 0.100. The number of anilines is 1. The number of rotatable bonds is 4. The van der Waals surface area contributed by atoms with Gasteiger partial charge in [0.2, 0.25) is 5.91 Å². The Labute approximate surface area is 135 Å². The summed E-state index contributed by atoms with van der Waals surface area (Å²) < 4.78 is 13.6. The number of primary amides is 1. The molecule has 1 unspecified atom stereocenters. The number of nitrogens with one attached hydrogen (secondary N) is 1. The highest BCUT2D eigenvalue weighted by molar-refractivity contribution is 9.10. The molecular formula is C15H13BrClFN2O. The Hall–Kier alpha value is -1.59. The second kappa shape index (κ2) is 6.45. The first kappa shape index (κ1) is 15.8. The van der Waals surface area contributed by atoms with Crippen LogP contribution in [0.4, 0.5) is 10.1 Å². The van der Waals surface area contributed by atoms with Gasteiger partial charge in [-0.05, 0) is 58.7 Å². The minimum absolute atomic E-state index is 0.0580. The predicted molar refractivity (Wildman–Crippen MR) is 86.1 cm³/mol. The lowest BCUT2D eigenvalue weighted by atomic mass is 10.1. The van der Waals surface area contributed by atoms with Gasteiger partial charge in [0, 0.05) is 11.7 Å². The zero-order valence-corrected chi connectivity index (χ0v) is 13.5. The summed E-state index contributed by atoms with van der Waals surface area (Å²) in [6.07, 6.45) is 0. The zero-order chi connectivity index (χ0) is 15.6. The molecule has 6 heteroatoms. The van der Waals surface area contributed by atoms with Crippen molar-refractivity contribution in [2.45, 2.75) is 13.0 Å². The number of benzene rings is 2. The van der Waals surface area contributed by atoms with Crippen LogP contribution in [0.1, 0.15) is 28.9 Å². The highest BCUT2D eigenvalue weighted by Gasteiger charge is 2.11. The van der Waals surface area contributed by atoms with Crippen LogP contribution < -0.4 is 11.1 Å². The molecule has 2 aromatic rings. The topological polar surface area (TPSA) is 55.1 Å². The van der Waals surface area contributed by atoms with Crippen LogP contribution in [0.2, 0.25) is 5.02 Å². The standard InChI is InChI=1S/C15H13BrClFN2O/c1-8(9-2-5-14(18)12(16)6-9)20-10-3-4-11(15(19)21)13(17)7-10/h2-8,20H,1H3,(H2,19,21). The van der Waals surface area contributed by atoms with E-state index >= 15 is 0 Å². The van der Waals surface area contributed by atoms with Crippen LogP contribution in [0, 0.1) is 5.82 Å². The van der Waals surface area contributed by atoms with Crippen LogP contribution in [0.25, 0.3) is 0 Å². The molecule has 0 bridgehead atoms. The molecule has 110 valence electrons. The number of carbonyl (C=O) groups excluding carboxylic acids is 1. The van der Waals surface area contributed by atoms with Gasteiger partial charge in [-0.25, -0.2) is 4.39 Å². The van der Waals surface area contributed by atoms with Crippen molar-refractivity contribution in [2.75, 3.05) is 5.32 Å². The van der Waals surface area contributed by atoms with E-state index in [1.807, 2.05) is 6.92 Å². The number of carbonyl (C=O) groups is 1. The van der Waals surface area contributed by atoms with Crippen molar-refractivity contribution in [3.05, 3.63) is 62.8 Å². The van der Waals surface area contributed by atoms with E-state index in [9.17, 15) is 9.18 Å². The number of hydrogen-bond donors (Lipinski definition) is 2. The maximum Gasteiger partial charge on any atom is 0.250 e. The number of amides is 1. The van der Waals surface area contributed by atoms with E-state index in [1.54, 1.807) is 30.3 Å². The molecule has 0 saturated heterocycles. The molecule has 1 atom stereocenters. The van der Waals surface area contributed by atoms with Gasteiger partial charge in [-0.2, -0.15) is 0 Å². The fourth-order valence-electron chi connectivity index (χ4n) is 1.92. The summed E-state index contributed by atoms with van der Waals surface area (Å²) in [5.41, 5.74) is 7.14. The molecular weight excluding hydrogens is 359 g/mol. The van der Waals surface area contributed by atoms with E-state index < -0.39 is 5.91 Å². The number of hydrogen-bond acceptors (Lipinski definition) is 2. The van der Waals surface area contributed by atoms with Gasteiger partial charge in [-0.15, -0.1) is 0 Å². The highest BCUT2D eigenvalue weighted by Crippen LogP contribution is 2.26. The Morgan fingerprint density at radius 1 is 1.33 bits per heavy atom. The van der Waals surface area contributed by atoms with Gasteiger partial charge in [-0.3, -0.25) is 4.79 Å². The fourth-order valence-corrected chi connectivity index (χ4v) is 2.59. The van der Waals surface area contributed by atoms with E-state index in [-0.39, 0.29) is 17.4 Å². The van der Waals surface area contributed by atoms with Crippen LogP contribution in [0.3, 0.4) is 0 Å². The Kier molecular flexibility index (Phi) is 4.85. The van der Waals surface area contributed by atoms with Crippen LogP contribution >= 0.6 is 27.5 Å². The molecule has 0 aliphatic rings. The van der Waals surface area contributed by atoms with Crippen LogP contribution in [-0.2, 0) is 0 Å². The molecule has 0 aliphatic heterocycles. The minimum atomic E-state index is -0.568. The molecule has 2 rings (SSSR count). The Bertz CT molecular complexity index is 693. The monoisotopic (exact) mass is 370 g/mol. The maximum atomic E-state index is 13.2. The van der Waals surface area contributed by atoms with E-state index in [0.717, 1.165) is 11.3 Å². The Balaban J connectivity index is 2.19. The van der Waals surface area contributed by atoms with Gasteiger partial charge in [-0.1, -0.05) is 17.7 Å². The summed E-state index contributed by atoms with van der Waals surface area (Å²) in [5, 5.41) is 3.52. The fraction of sp³-hybridized carbons (Fsp3) is 0.133. The molecule has 0 aliphatic carbocycles. The molecule has 21 heavy (non-hydrogen) atoms. The van der Waals surface area contributed by atoms with Gasteiger partial charge in [0.1, 0.15) is 5.82 Å². The molecule has 0 heterocycles. The van der Waals surface area contributed by atoms with Crippen molar-refractivity contribution < 1.29 is 9.18 Å². The normalized spacial score (nSPS) is 12.0. The first-order valence-electron chi connectivity index (χ1n) is 6.19. The molecule has 0 radical (unpaired) electrons. The van der Waals surface area contributed by atoms with Gasteiger partial charge in [0.15, 0.2) is 0 Å². The van der Waals surface area contributed by atoms with Crippen molar-refractivity contribution in [1.29, 1.82) is 0 Å². The van der Waals surface area contributed by atoms with E-state index in [4.69, 9.17) is 17.3 Å². The smallest absolute Gasteiger partial charge is 0.250 e. The summed E-state index contributed by atoms with van der Waals surface area (Å²) in [6, 6.07) is 9.69. The second-order valence-electron chi connectivity index (χ2n) is 4.60. The van der Waals surface area contributed by atoms with Gasteiger partial charge in [0.05, 0.1) is 15.1 Å². The van der Waals surface area contributed by atoms with Gasteiger partial charge < -0.3 is 11.1 Å². The average Bonchev–Trinajstić information content (AvgIpc) is 2.41. The maximum absolute atomic E-state index is 13.2. The van der Waals surface area contributed by atoms with E-state index in [2.05, 4.69) is 21.2 Å². The molecule has 0 saturated carbocycles. The highest BCUT2D eigenvalue weighted by atomic mass is 79.9. The number of nitrogens with two attached hydrogens (primary N) is 1. The summed E-state index contributed by atoms with van der Waals surface area (Å²) >= 11 is 9.16. The van der Waals surface area contributed by atoms with Crippen molar-refractivity contribution >= 4 is 39.1 Å². The average molecular weight is 372 g/mol. The first-order valence-corrected chi connectivity index (χ1v) is 7.36. The third-order valence-electron chi connectivity index (χ3n) is 3.06. The third-order valence-corrected chi connectivity index (χ3v) is 3.98.